The van der Waals surface area contributed by atoms with Crippen LogP contribution >= 0.6 is 0 Å². The van der Waals surface area contributed by atoms with Crippen LogP contribution in [0.1, 0.15) is 21.6 Å². The van der Waals surface area contributed by atoms with Crippen LogP contribution in [0.15, 0.2) is 30.5 Å². The van der Waals surface area contributed by atoms with Crippen molar-refractivity contribution in [3.05, 3.63) is 47.3 Å². The van der Waals surface area contributed by atoms with Crippen molar-refractivity contribution < 1.29 is 9.90 Å². The molecule has 0 aliphatic heterocycles. The Labute approximate surface area is 117 Å². The van der Waals surface area contributed by atoms with Gasteiger partial charge in [-0.25, -0.2) is 0 Å². The first-order valence-electron chi connectivity index (χ1n) is 6.12. The summed E-state index contributed by atoms with van der Waals surface area (Å²) in [6.45, 7) is 1.57. The van der Waals surface area contributed by atoms with Crippen LogP contribution in [-0.4, -0.2) is 27.4 Å². The number of benzene rings is 1. The molecule has 0 atom stereocenters. The lowest BCUT2D eigenvalue weighted by Gasteiger charge is -2.06. The highest BCUT2D eigenvalue weighted by atomic mass is 16.2. The summed E-state index contributed by atoms with van der Waals surface area (Å²) >= 11 is 0. The van der Waals surface area contributed by atoms with E-state index in [1.807, 2.05) is 12.1 Å². The Bertz CT molecular complexity index is 693. The van der Waals surface area contributed by atoms with Gasteiger partial charge in [0, 0.05) is 18.8 Å². The summed E-state index contributed by atoms with van der Waals surface area (Å²) in [6.07, 6.45) is 1.67. The molecule has 20 heavy (non-hydrogen) atoms. The van der Waals surface area contributed by atoms with Gasteiger partial charge in [0.1, 0.15) is 6.61 Å². The van der Waals surface area contributed by atoms with Crippen molar-refractivity contribution in [2.24, 2.45) is 7.05 Å². The van der Waals surface area contributed by atoms with Gasteiger partial charge in [0.15, 0.2) is 0 Å². The van der Waals surface area contributed by atoms with Gasteiger partial charge in [-0.3, -0.25) is 9.48 Å². The van der Waals surface area contributed by atoms with Crippen molar-refractivity contribution in [1.29, 1.82) is 0 Å². The number of aromatic nitrogens is 2. The molecule has 0 unspecified atom stereocenters. The molecule has 0 aliphatic carbocycles. The van der Waals surface area contributed by atoms with Gasteiger partial charge < -0.3 is 10.4 Å². The summed E-state index contributed by atoms with van der Waals surface area (Å²) in [5.74, 6) is 5.15. The van der Waals surface area contributed by atoms with Crippen LogP contribution in [0.2, 0.25) is 0 Å². The third-order valence-corrected chi connectivity index (χ3v) is 2.74. The number of para-hydroxylation sites is 1. The Morgan fingerprint density at radius 2 is 2.20 bits per heavy atom. The number of aliphatic hydroxyl groups is 1. The maximum Gasteiger partial charge on any atom is 0.259 e. The van der Waals surface area contributed by atoms with Crippen molar-refractivity contribution >= 4 is 11.6 Å². The highest BCUT2D eigenvalue weighted by Gasteiger charge is 2.13. The molecular weight excluding hydrogens is 254 g/mol. The lowest BCUT2D eigenvalue weighted by Crippen LogP contribution is -2.13. The maximum atomic E-state index is 12.2. The number of aliphatic hydroxyl groups excluding tert-OH is 1. The van der Waals surface area contributed by atoms with Gasteiger partial charge >= 0.3 is 0 Å². The Hall–Kier alpha value is -2.58. The molecule has 1 amide bonds. The van der Waals surface area contributed by atoms with Crippen molar-refractivity contribution in [3.8, 4) is 11.8 Å². The molecule has 1 aromatic carbocycles. The number of carbonyl (C=O) groups excluding carboxylic acids is 1. The first-order valence-corrected chi connectivity index (χ1v) is 6.12. The lowest BCUT2D eigenvalue weighted by atomic mass is 10.1. The number of nitrogens with one attached hydrogen (secondary N) is 1. The smallest absolute Gasteiger partial charge is 0.259 e. The molecule has 5 nitrogen and oxygen atoms in total. The Morgan fingerprint density at radius 1 is 1.45 bits per heavy atom. The van der Waals surface area contributed by atoms with Crippen LogP contribution in [-0.2, 0) is 7.05 Å². The lowest BCUT2D eigenvalue weighted by molar-refractivity contribution is 0.102. The minimum Gasteiger partial charge on any atom is -0.384 e. The third-order valence-electron chi connectivity index (χ3n) is 2.74. The van der Waals surface area contributed by atoms with E-state index in [1.165, 1.54) is 0 Å². The summed E-state index contributed by atoms with van der Waals surface area (Å²) in [6, 6.07) is 7.20. The number of carbonyl (C=O) groups is 1. The quantitative estimate of drug-likeness (QED) is 0.808. The highest BCUT2D eigenvalue weighted by molar-refractivity contribution is 6.05. The summed E-state index contributed by atoms with van der Waals surface area (Å²) in [5, 5.41) is 15.7. The second-order valence-corrected chi connectivity index (χ2v) is 4.26. The number of rotatable bonds is 2. The molecule has 0 spiro atoms. The van der Waals surface area contributed by atoms with Gasteiger partial charge in [-0.05, 0) is 19.1 Å². The molecule has 102 valence electrons. The average molecular weight is 269 g/mol. The van der Waals surface area contributed by atoms with E-state index in [0.29, 0.717) is 22.5 Å². The van der Waals surface area contributed by atoms with E-state index in [2.05, 4.69) is 22.3 Å². The molecule has 0 aliphatic rings. The van der Waals surface area contributed by atoms with E-state index in [-0.39, 0.29) is 12.5 Å². The minimum atomic E-state index is -0.228. The molecule has 2 aromatic rings. The van der Waals surface area contributed by atoms with Gasteiger partial charge in [-0.15, -0.1) is 0 Å². The van der Waals surface area contributed by atoms with Gasteiger partial charge in [0.05, 0.1) is 16.9 Å². The molecule has 1 aromatic heterocycles. The second kappa shape index (κ2) is 6.04. The van der Waals surface area contributed by atoms with Crippen LogP contribution in [0.5, 0.6) is 0 Å². The summed E-state index contributed by atoms with van der Waals surface area (Å²) < 4.78 is 1.60. The van der Waals surface area contributed by atoms with E-state index in [0.717, 1.165) is 0 Å². The first-order chi connectivity index (χ1) is 9.61. The molecule has 0 saturated heterocycles. The Morgan fingerprint density at radius 3 is 2.85 bits per heavy atom. The second-order valence-electron chi connectivity index (χ2n) is 4.26. The van der Waals surface area contributed by atoms with Gasteiger partial charge in [0.25, 0.3) is 5.91 Å². The standard InChI is InChI=1S/C15H15N3O2/c1-11-13(10-18(2)17-11)15(20)16-14-8-4-3-6-12(14)7-5-9-19/h3-4,6,8,10,19H,9H2,1-2H3,(H,16,20). The zero-order chi connectivity index (χ0) is 14.5. The van der Waals surface area contributed by atoms with Crippen molar-refractivity contribution in [1.82, 2.24) is 9.78 Å². The predicted octanol–water partition coefficient (Wildman–Crippen LogP) is 1.32. The third kappa shape index (κ3) is 3.05. The number of hydrogen-bond acceptors (Lipinski definition) is 3. The molecule has 5 heteroatoms. The summed E-state index contributed by atoms with van der Waals surface area (Å²) in [5.41, 5.74) is 2.47. The minimum absolute atomic E-state index is 0.218. The van der Waals surface area contributed by atoms with Gasteiger partial charge in [-0.1, -0.05) is 24.0 Å². The number of anilines is 1. The molecular formula is C15H15N3O2. The number of nitrogens with zero attached hydrogens (tertiary/aromatic N) is 2. The van der Waals surface area contributed by atoms with Crippen LogP contribution in [0, 0.1) is 18.8 Å². The molecule has 2 N–H and O–H groups in total. The zero-order valence-electron chi connectivity index (χ0n) is 11.3. The van der Waals surface area contributed by atoms with E-state index < -0.39 is 0 Å². The van der Waals surface area contributed by atoms with Crippen LogP contribution in [0.3, 0.4) is 0 Å². The SMILES string of the molecule is Cc1nn(C)cc1C(=O)Nc1ccccc1C#CCO. The van der Waals surface area contributed by atoms with Crippen molar-refractivity contribution in [3.63, 3.8) is 0 Å². The van der Waals surface area contributed by atoms with Crippen molar-refractivity contribution in [2.75, 3.05) is 11.9 Å². The topological polar surface area (TPSA) is 67.2 Å². The number of hydrogen-bond donors (Lipinski definition) is 2. The molecule has 0 saturated carbocycles. The zero-order valence-corrected chi connectivity index (χ0v) is 11.3. The van der Waals surface area contributed by atoms with Gasteiger partial charge in [-0.2, -0.15) is 5.10 Å². The van der Waals surface area contributed by atoms with Crippen LogP contribution < -0.4 is 5.32 Å². The normalized spacial score (nSPS) is 9.75. The number of aryl methyl sites for hydroxylation is 2. The fraction of sp³-hybridized carbons (Fsp3) is 0.200. The van der Waals surface area contributed by atoms with Crippen LogP contribution in [0.4, 0.5) is 5.69 Å². The first kappa shape index (κ1) is 13.8. The largest absolute Gasteiger partial charge is 0.384 e. The predicted molar refractivity (Wildman–Crippen MR) is 76.3 cm³/mol. The fourth-order valence-electron chi connectivity index (χ4n) is 1.85. The van der Waals surface area contributed by atoms with E-state index in [4.69, 9.17) is 5.11 Å². The van der Waals surface area contributed by atoms with Crippen molar-refractivity contribution in [2.45, 2.75) is 6.92 Å². The maximum absolute atomic E-state index is 12.2. The molecule has 0 fully saturated rings. The molecule has 0 bridgehead atoms. The fourth-order valence-corrected chi connectivity index (χ4v) is 1.85. The highest BCUT2D eigenvalue weighted by Crippen LogP contribution is 2.16. The van der Waals surface area contributed by atoms with E-state index in [1.54, 1.807) is 37.0 Å². The monoisotopic (exact) mass is 269 g/mol. The molecule has 0 radical (unpaired) electrons. The molecule has 2 rings (SSSR count). The van der Waals surface area contributed by atoms with Gasteiger partial charge in [0.2, 0.25) is 0 Å². The average Bonchev–Trinajstić information content (AvgIpc) is 2.77. The Balaban J connectivity index is 2.26. The molecule has 1 heterocycles. The summed E-state index contributed by atoms with van der Waals surface area (Å²) in [4.78, 5) is 12.2. The Kier molecular flexibility index (Phi) is 4.18. The summed E-state index contributed by atoms with van der Waals surface area (Å²) in [7, 11) is 1.77. The van der Waals surface area contributed by atoms with E-state index >= 15 is 0 Å². The number of amides is 1. The van der Waals surface area contributed by atoms with Crippen LogP contribution in [0.25, 0.3) is 0 Å². The van der Waals surface area contributed by atoms with E-state index in [9.17, 15) is 4.79 Å².